The summed E-state index contributed by atoms with van der Waals surface area (Å²) < 4.78 is 57.2. The van der Waals surface area contributed by atoms with Gasteiger partial charge in [-0.3, -0.25) is 4.79 Å². The van der Waals surface area contributed by atoms with Crippen LogP contribution in [0.4, 0.5) is 14.5 Å². The lowest BCUT2D eigenvalue weighted by atomic mass is 10.0. The summed E-state index contributed by atoms with van der Waals surface area (Å²) in [7, 11) is -3.56. The van der Waals surface area contributed by atoms with Gasteiger partial charge in [0.25, 0.3) is 5.91 Å². The molecule has 0 saturated carbocycles. The number of carbonyl (C=O) groups is 1. The molecule has 30 heavy (non-hydrogen) atoms. The van der Waals surface area contributed by atoms with Gasteiger partial charge < -0.3 is 9.64 Å². The molecule has 160 valence electrons. The summed E-state index contributed by atoms with van der Waals surface area (Å²) in [6.07, 6.45) is 2.99. The van der Waals surface area contributed by atoms with E-state index in [9.17, 15) is 22.0 Å². The number of anilines is 1. The maximum Gasteiger partial charge on any atom is 0.387 e. The summed E-state index contributed by atoms with van der Waals surface area (Å²) in [5.74, 6) is -0.639. The SMILES string of the molecule is O=C(c1ccccc1OC(F)F)N1CCCc2cc(S(=O)(=O)N3CCCC3)ccc21. The van der Waals surface area contributed by atoms with E-state index in [0.29, 0.717) is 38.2 Å². The van der Waals surface area contributed by atoms with Crippen LogP contribution in [0.15, 0.2) is 47.4 Å². The van der Waals surface area contributed by atoms with Gasteiger partial charge in [-0.15, -0.1) is 0 Å². The van der Waals surface area contributed by atoms with Crippen LogP contribution in [0.25, 0.3) is 0 Å². The molecule has 0 N–H and O–H groups in total. The number of ether oxygens (including phenoxy) is 1. The van der Waals surface area contributed by atoms with Crippen LogP contribution >= 0.6 is 0 Å². The van der Waals surface area contributed by atoms with Gasteiger partial charge in [0.2, 0.25) is 10.0 Å². The van der Waals surface area contributed by atoms with E-state index in [1.54, 1.807) is 18.2 Å². The number of aryl methyl sites for hydroxylation is 1. The van der Waals surface area contributed by atoms with Crippen molar-refractivity contribution in [1.29, 1.82) is 0 Å². The highest BCUT2D eigenvalue weighted by Crippen LogP contribution is 2.33. The number of rotatable bonds is 5. The number of hydrogen-bond donors (Lipinski definition) is 0. The Kier molecular flexibility index (Phi) is 5.75. The second kappa shape index (κ2) is 8.31. The molecule has 0 unspecified atom stereocenters. The Labute approximate surface area is 174 Å². The molecule has 2 heterocycles. The van der Waals surface area contributed by atoms with E-state index in [-0.39, 0.29) is 16.2 Å². The zero-order valence-electron chi connectivity index (χ0n) is 16.3. The number of para-hydroxylation sites is 1. The van der Waals surface area contributed by atoms with E-state index >= 15 is 0 Å². The van der Waals surface area contributed by atoms with Crippen molar-refractivity contribution in [3.63, 3.8) is 0 Å². The third-order valence-corrected chi connectivity index (χ3v) is 7.35. The van der Waals surface area contributed by atoms with Gasteiger partial charge in [0, 0.05) is 25.3 Å². The third-order valence-electron chi connectivity index (χ3n) is 5.45. The van der Waals surface area contributed by atoms with Crippen molar-refractivity contribution >= 4 is 21.6 Å². The van der Waals surface area contributed by atoms with Crippen LogP contribution in [0.3, 0.4) is 0 Å². The van der Waals surface area contributed by atoms with E-state index in [4.69, 9.17) is 0 Å². The van der Waals surface area contributed by atoms with Crippen LogP contribution in [-0.2, 0) is 16.4 Å². The van der Waals surface area contributed by atoms with Gasteiger partial charge in [0.05, 0.1) is 10.5 Å². The number of amides is 1. The van der Waals surface area contributed by atoms with Gasteiger partial charge in [-0.05, 0) is 61.6 Å². The number of halogens is 2. The summed E-state index contributed by atoms with van der Waals surface area (Å²) in [4.78, 5) is 14.9. The maximum absolute atomic E-state index is 13.1. The Morgan fingerprint density at radius 3 is 2.47 bits per heavy atom. The molecular weight excluding hydrogens is 414 g/mol. The van der Waals surface area contributed by atoms with Crippen LogP contribution in [0.2, 0.25) is 0 Å². The quantitative estimate of drug-likeness (QED) is 0.718. The second-order valence-electron chi connectivity index (χ2n) is 7.34. The number of carbonyl (C=O) groups excluding carboxylic acids is 1. The number of fused-ring (bicyclic) bond motifs is 1. The van der Waals surface area contributed by atoms with Crippen molar-refractivity contribution in [2.75, 3.05) is 24.5 Å². The molecule has 0 bridgehead atoms. The molecule has 0 aliphatic carbocycles. The second-order valence-corrected chi connectivity index (χ2v) is 9.27. The molecule has 9 heteroatoms. The minimum absolute atomic E-state index is 0.0411. The number of benzene rings is 2. The van der Waals surface area contributed by atoms with Crippen molar-refractivity contribution < 1.29 is 26.7 Å². The molecule has 0 radical (unpaired) electrons. The summed E-state index contributed by atoms with van der Waals surface area (Å²) in [5.41, 5.74) is 1.39. The van der Waals surface area contributed by atoms with Gasteiger partial charge in [-0.2, -0.15) is 13.1 Å². The summed E-state index contributed by atoms with van der Waals surface area (Å²) in [6, 6.07) is 10.7. The molecule has 2 aromatic carbocycles. The molecule has 2 aliphatic rings. The Hall–Kier alpha value is -2.52. The Morgan fingerprint density at radius 2 is 1.73 bits per heavy atom. The van der Waals surface area contributed by atoms with Gasteiger partial charge in [0.15, 0.2) is 0 Å². The molecule has 0 aromatic heterocycles. The number of nitrogens with zero attached hydrogens (tertiary/aromatic N) is 2. The third kappa shape index (κ3) is 3.91. The van der Waals surface area contributed by atoms with Crippen LogP contribution in [-0.4, -0.2) is 44.9 Å². The lowest BCUT2D eigenvalue weighted by Crippen LogP contribution is -2.36. The van der Waals surface area contributed by atoms with Crippen LogP contribution < -0.4 is 9.64 Å². The summed E-state index contributed by atoms with van der Waals surface area (Å²) in [5, 5.41) is 0. The average molecular weight is 436 g/mol. The first-order chi connectivity index (χ1) is 14.4. The minimum atomic E-state index is -3.56. The van der Waals surface area contributed by atoms with Gasteiger partial charge >= 0.3 is 6.61 Å². The molecule has 0 atom stereocenters. The van der Waals surface area contributed by atoms with Gasteiger partial charge in [0.1, 0.15) is 5.75 Å². The van der Waals surface area contributed by atoms with Crippen molar-refractivity contribution in [2.24, 2.45) is 0 Å². The molecule has 2 aromatic rings. The normalized spacial score (nSPS) is 17.2. The zero-order chi connectivity index (χ0) is 21.3. The number of hydrogen-bond acceptors (Lipinski definition) is 4. The van der Waals surface area contributed by atoms with Crippen molar-refractivity contribution in [3.8, 4) is 5.75 Å². The first kappa shape index (κ1) is 20.7. The first-order valence-corrected chi connectivity index (χ1v) is 11.3. The lowest BCUT2D eigenvalue weighted by Gasteiger charge is -2.30. The largest absolute Gasteiger partial charge is 0.434 e. The highest BCUT2D eigenvalue weighted by Gasteiger charge is 2.30. The minimum Gasteiger partial charge on any atom is -0.434 e. The molecular formula is C21H22F2N2O4S. The highest BCUT2D eigenvalue weighted by atomic mass is 32.2. The Balaban J connectivity index is 1.66. The van der Waals surface area contributed by atoms with E-state index in [2.05, 4.69) is 4.74 Å². The van der Waals surface area contributed by atoms with E-state index in [1.165, 1.54) is 33.5 Å². The zero-order valence-corrected chi connectivity index (χ0v) is 17.1. The maximum atomic E-state index is 13.1. The van der Waals surface area contributed by atoms with Crippen LogP contribution in [0, 0.1) is 0 Å². The Morgan fingerprint density at radius 1 is 1.00 bits per heavy atom. The van der Waals surface area contributed by atoms with Crippen molar-refractivity contribution in [3.05, 3.63) is 53.6 Å². The van der Waals surface area contributed by atoms with Crippen molar-refractivity contribution in [1.82, 2.24) is 4.31 Å². The van der Waals surface area contributed by atoms with E-state index in [0.717, 1.165) is 18.4 Å². The lowest BCUT2D eigenvalue weighted by molar-refractivity contribution is -0.0501. The molecule has 4 rings (SSSR count). The van der Waals surface area contributed by atoms with Crippen LogP contribution in [0.5, 0.6) is 5.75 Å². The monoisotopic (exact) mass is 436 g/mol. The van der Waals surface area contributed by atoms with Gasteiger partial charge in [-0.1, -0.05) is 12.1 Å². The molecule has 6 nitrogen and oxygen atoms in total. The molecule has 1 fully saturated rings. The fraction of sp³-hybridized carbons (Fsp3) is 0.381. The first-order valence-electron chi connectivity index (χ1n) is 9.87. The molecule has 1 saturated heterocycles. The number of sulfonamides is 1. The van der Waals surface area contributed by atoms with E-state index in [1.807, 2.05) is 0 Å². The van der Waals surface area contributed by atoms with E-state index < -0.39 is 22.5 Å². The van der Waals surface area contributed by atoms with Crippen molar-refractivity contribution in [2.45, 2.75) is 37.2 Å². The van der Waals surface area contributed by atoms with Gasteiger partial charge in [-0.25, -0.2) is 8.42 Å². The fourth-order valence-corrected chi connectivity index (χ4v) is 5.58. The number of alkyl halides is 2. The summed E-state index contributed by atoms with van der Waals surface area (Å²) in [6.45, 7) is -1.59. The molecule has 0 spiro atoms. The fourth-order valence-electron chi connectivity index (χ4n) is 4.01. The molecule has 2 aliphatic heterocycles. The standard InChI is InChI=1S/C21H22F2N2O4S/c22-21(23)29-19-8-2-1-7-17(19)20(26)25-13-5-6-15-14-16(9-10-18(15)25)30(27,28)24-11-3-4-12-24/h1-2,7-10,14,21H,3-6,11-13H2. The smallest absolute Gasteiger partial charge is 0.387 e. The topological polar surface area (TPSA) is 66.9 Å². The predicted molar refractivity (Wildman–Crippen MR) is 108 cm³/mol. The summed E-state index contributed by atoms with van der Waals surface area (Å²) >= 11 is 0. The average Bonchev–Trinajstić information content (AvgIpc) is 3.28. The Bertz CT molecular complexity index is 1050. The molecule has 1 amide bonds. The van der Waals surface area contributed by atoms with Crippen LogP contribution in [0.1, 0.15) is 35.2 Å². The predicted octanol–water partition coefficient (Wildman–Crippen LogP) is 3.67. The highest BCUT2D eigenvalue weighted by molar-refractivity contribution is 7.89.